The highest BCUT2D eigenvalue weighted by Crippen LogP contribution is 2.31. The summed E-state index contributed by atoms with van der Waals surface area (Å²) in [5.41, 5.74) is -0.209. The molecule has 0 saturated heterocycles. The summed E-state index contributed by atoms with van der Waals surface area (Å²) in [5, 5.41) is 8.67. The van der Waals surface area contributed by atoms with Gasteiger partial charge in [-0.25, -0.2) is 13.9 Å². The summed E-state index contributed by atoms with van der Waals surface area (Å²) < 4.78 is 62.0. The number of fused-ring (bicyclic) bond motifs is 1. The SMILES string of the molecule is C[C](C)CN1CCc2cc(F)c(NC(=O)c3cc(C(F)(F)F)nn3-c3cccc(CNC(=O)OC(C)(C)C)c3)cc2C1. The summed E-state index contributed by atoms with van der Waals surface area (Å²) in [7, 11) is 0. The second-order valence-corrected chi connectivity index (χ2v) is 11.6. The molecule has 4 rings (SSSR count). The Labute approximate surface area is 242 Å². The minimum Gasteiger partial charge on any atom is -0.444 e. The lowest BCUT2D eigenvalue weighted by Gasteiger charge is -2.30. The van der Waals surface area contributed by atoms with Gasteiger partial charge < -0.3 is 15.4 Å². The van der Waals surface area contributed by atoms with Gasteiger partial charge in [-0.05, 0) is 74.1 Å². The number of rotatable bonds is 7. The zero-order valence-corrected chi connectivity index (χ0v) is 24.2. The minimum absolute atomic E-state index is 0.0182. The number of alkyl carbamates (subject to hydrolysis) is 1. The Bertz CT molecular complexity index is 1460. The first kappa shape index (κ1) is 31.0. The number of carbonyl (C=O) groups excluding carboxylic acids is 2. The Morgan fingerprint density at radius 1 is 1.05 bits per heavy atom. The summed E-state index contributed by atoms with van der Waals surface area (Å²) >= 11 is 0. The predicted octanol–water partition coefficient (Wildman–Crippen LogP) is 6.28. The molecule has 0 fully saturated rings. The lowest BCUT2D eigenvalue weighted by Crippen LogP contribution is -2.33. The van der Waals surface area contributed by atoms with Crippen molar-refractivity contribution in [3.63, 3.8) is 0 Å². The van der Waals surface area contributed by atoms with Crippen LogP contribution in [0, 0.1) is 11.7 Å². The molecule has 42 heavy (non-hydrogen) atoms. The van der Waals surface area contributed by atoms with Gasteiger partial charge in [-0.1, -0.05) is 26.0 Å². The first-order valence-electron chi connectivity index (χ1n) is 13.5. The fourth-order valence-electron chi connectivity index (χ4n) is 4.67. The molecule has 12 heteroatoms. The van der Waals surface area contributed by atoms with E-state index in [0.29, 0.717) is 24.6 Å². The molecule has 0 bridgehead atoms. The van der Waals surface area contributed by atoms with E-state index in [4.69, 9.17) is 4.74 Å². The Morgan fingerprint density at radius 2 is 1.79 bits per heavy atom. The number of amides is 2. The molecule has 0 unspecified atom stereocenters. The first-order valence-corrected chi connectivity index (χ1v) is 13.5. The van der Waals surface area contributed by atoms with Crippen LogP contribution in [0.1, 0.15) is 67.5 Å². The molecule has 2 heterocycles. The van der Waals surface area contributed by atoms with Gasteiger partial charge in [0.15, 0.2) is 5.69 Å². The smallest absolute Gasteiger partial charge is 0.435 e. The average Bonchev–Trinajstić information content (AvgIpc) is 3.34. The zero-order chi connectivity index (χ0) is 30.8. The number of alkyl halides is 3. The van der Waals surface area contributed by atoms with Crippen LogP contribution in [0.3, 0.4) is 0 Å². The predicted molar refractivity (Wildman–Crippen MR) is 150 cm³/mol. The fraction of sp³-hybridized carbons (Fsp3) is 0.400. The van der Waals surface area contributed by atoms with Crippen molar-refractivity contribution in [2.45, 2.75) is 65.9 Å². The van der Waals surface area contributed by atoms with E-state index in [0.717, 1.165) is 28.9 Å². The van der Waals surface area contributed by atoms with Crippen LogP contribution in [0.2, 0.25) is 0 Å². The van der Waals surface area contributed by atoms with Crippen molar-refractivity contribution >= 4 is 17.7 Å². The molecule has 0 atom stereocenters. The first-order chi connectivity index (χ1) is 19.6. The van der Waals surface area contributed by atoms with Crippen molar-refractivity contribution in [2.24, 2.45) is 0 Å². The van der Waals surface area contributed by atoms with E-state index in [-0.39, 0.29) is 17.9 Å². The Hall–Kier alpha value is -3.93. The van der Waals surface area contributed by atoms with Gasteiger partial charge >= 0.3 is 12.3 Å². The number of ether oxygens (including phenoxy) is 1. The largest absolute Gasteiger partial charge is 0.444 e. The summed E-state index contributed by atoms with van der Waals surface area (Å²) in [6.07, 6.45) is -4.84. The molecule has 2 N–H and O–H groups in total. The van der Waals surface area contributed by atoms with Crippen LogP contribution in [0.25, 0.3) is 5.69 Å². The summed E-state index contributed by atoms with van der Waals surface area (Å²) in [5.74, 6) is -0.404. The van der Waals surface area contributed by atoms with Gasteiger partial charge in [0.2, 0.25) is 0 Å². The van der Waals surface area contributed by atoms with Crippen molar-refractivity contribution in [1.29, 1.82) is 0 Å². The molecular weight excluding hydrogens is 554 g/mol. The van der Waals surface area contributed by atoms with Crippen LogP contribution >= 0.6 is 0 Å². The van der Waals surface area contributed by atoms with Crippen LogP contribution in [0.15, 0.2) is 42.5 Å². The molecule has 1 aromatic heterocycles. The number of anilines is 1. The highest BCUT2D eigenvalue weighted by Gasteiger charge is 2.36. The fourth-order valence-corrected chi connectivity index (χ4v) is 4.67. The third-order valence-electron chi connectivity index (χ3n) is 6.39. The van der Waals surface area contributed by atoms with Gasteiger partial charge in [0, 0.05) is 32.2 Å². The normalized spacial score (nSPS) is 14.0. The third kappa shape index (κ3) is 7.87. The maximum absolute atomic E-state index is 15.0. The number of hydrogen-bond donors (Lipinski definition) is 2. The number of nitrogens with one attached hydrogen (secondary N) is 2. The Balaban J connectivity index is 1.60. The maximum Gasteiger partial charge on any atom is 0.435 e. The van der Waals surface area contributed by atoms with E-state index in [2.05, 4.69) is 20.6 Å². The van der Waals surface area contributed by atoms with Crippen LogP contribution in [-0.4, -0.2) is 45.4 Å². The lowest BCUT2D eigenvalue weighted by molar-refractivity contribution is -0.141. The van der Waals surface area contributed by atoms with E-state index in [1.165, 1.54) is 30.2 Å². The molecule has 1 aliphatic heterocycles. The standard InChI is InChI=1S/C30H34F4N5O3/c1-18(2)16-38-10-9-20-12-23(31)24(13-21(20)17-38)36-27(40)25-14-26(30(32,33)34)37-39(25)22-8-6-7-19(11-22)15-35-28(41)42-29(3,4)5/h6-8,11-14H,9-10,15-17H2,1-5H3,(H,35,41)(H,36,40). The van der Waals surface area contributed by atoms with Gasteiger partial charge in [0.1, 0.15) is 17.1 Å². The molecule has 0 saturated carbocycles. The van der Waals surface area contributed by atoms with Crippen molar-refractivity contribution in [1.82, 2.24) is 20.0 Å². The number of aromatic nitrogens is 2. The molecule has 8 nitrogen and oxygen atoms in total. The van der Waals surface area contributed by atoms with Gasteiger partial charge in [-0.3, -0.25) is 9.69 Å². The highest BCUT2D eigenvalue weighted by molar-refractivity contribution is 6.03. The molecule has 1 aliphatic rings. The summed E-state index contributed by atoms with van der Waals surface area (Å²) in [6.45, 7) is 11.3. The highest BCUT2D eigenvalue weighted by atomic mass is 19.4. The second-order valence-electron chi connectivity index (χ2n) is 11.6. The van der Waals surface area contributed by atoms with Gasteiger partial charge in [-0.15, -0.1) is 0 Å². The maximum atomic E-state index is 15.0. The van der Waals surface area contributed by atoms with Crippen LogP contribution in [0.4, 0.5) is 28.0 Å². The van der Waals surface area contributed by atoms with Crippen molar-refractivity contribution < 1.29 is 31.9 Å². The summed E-state index contributed by atoms with van der Waals surface area (Å²) in [6, 6.07) is 9.70. The number of hydrogen-bond acceptors (Lipinski definition) is 5. The quantitative estimate of drug-likeness (QED) is 0.317. The molecule has 2 aromatic carbocycles. The Morgan fingerprint density at radius 3 is 2.45 bits per heavy atom. The topological polar surface area (TPSA) is 88.5 Å². The molecule has 1 radical (unpaired) electrons. The van der Waals surface area contributed by atoms with E-state index in [1.54, 1.807) is 32.9 Å². The average molecular weight is 589 g/mol. The zero-order valence-electron chi connectivity index (χ0n) is 24.2. The van der Waals surface area contributed by atoms with E-state index < -0.39 is 41.0 Å². The van der Waals surface area contributed by atoms with Gasteiger partial charge in [-0.2, -0.15) is 18.3 Å². The van der Waals surface area contributed by atoms with Crippen molar-refractivity contribution in [3.05, 3.63) is 82.3 Å². The Kier molecular flexibility index (Phi) is 8.95. The van der Waals surface area contributed by atoms with Crippen molar-refractivity contribution in [2.75, 3.05) is 18.4 Å². The summed E-state index contributed by atoms with van der Waals surface area (Å²) in [4.78, 5) is 27.6. The number of halogens is 4. The molecule has 225 valence electrons. The number of carbonyl (C=O) groups is 2. The monoisotopic (exact) mass is 588 g/mol. The number of nitrogens with zero attached hydrogens (tertiary/aromatic N) is 3. The molecule has 3 aromatic rings. The van der Waals surface area contributed by atoms with Crippen LogP contribution in [0.5, 0.6) is 0 Å². The van der Waals surface area contributed by atoms with Crippen molar-refractivity contribution in [3.8, 4) is 5.69 Å². The molecule has 0 spiro atoms. The molecular formula is C30H34F4N5O3. The third-order valence-corrected chi connectivity index (χ3v) is 6.39. The van der Waals surface area contributed by atoms with Crippen LogP contribution in [-0.2, 0) is 30.4 Å². The van der Waals surface area contributed by atoms with Gasteiger partial charge in [0.05, 0.1) is 11.4 Å². The lowest BCUT2D eigenvalue weighted by atomic mass is 9.98. The van der Waals surface area contributed by atoms with E-state index >= 15 is 4.39 Å². The van der Waals surface area contributed by atoms with E-state index in [9.17, 15) is 22.8 Å². The number of benzene rings is 2. The van der Waals surface area contributed by atoms with Gasteiger partial charge in [0.25, 0.3) is 5.91 Å². The molecule has 2 amide bonds. The van der Waals surface area contributed by atoms with Crippen LogP contribution < -0.4 is 10.6 Å². The second kappa shape index (κ2) is 12.1. The minimum atomic E-state index is -4.83. The van der Waals surface area contributed by atoms with E-state index in [1.807, 2.05) is 13.8 Å². The molecule has 0 aliphatic carbocycles.